The van der Waals surface area contributed by atoms with E-state index in [-0.39, 0.29) is 17.2 Å². The smallest absolute Gasteiger partial charge is 0.267 e. The van der Waals surface area contributed by atoms with E-state index in [4.69, 9.17) is 4.98 Å². The average Bonchev–Trinajstić information content (AvgIpc) is 3.10. The third kappa shape index (κ3) is 4.36. The zero-order chi connectivity index (χ0) is 23.0. The number of nitrogens with zero attached hydrogens (tertiary/aromatic N) is 4. The molecule has 0 unspecified atom stereocenters. The van der Waals surface area contributed by atoms with Gasteiger partial charge < -0.3 is 9.80 Å². The van der Waals surface area contributed by atoms with Gasteiger partial charge in [0.05, 0.1) is 16.8 Å². The molecule has 0 spiro atoms. The minimum absolute atomic E-state index is 0.0472. The first-order valence-corrected chi connectivity index (χ1v) is 12.8. The summed E-state index contributed by atoms with van der Waals surface area (Å²) in [6, 6.07) is 6.03. The average molecular weight is 471 g/mol. The number of fused-ring (bicyclic) bond motifs is 1. The van der Waals surface area contributed by atoms with Gasteiger partial charge in [-0.1, -0.05) is 24.8 Å². The summed E-state index contributed by atoms with van der Waals surface area (Å²) in [7, 11) is 2.07. The molecule has 0 aliphatic carbocycles. The van der Waals surface area contributed by atoms with Crippen LogP contribution in [0.3, 0.4) is 0 Å². The molecule has 32 heavy (non-hydrogen) atoms. The lowest BCUT2D eigenvalue weighted by Crippen LogP contribution is -2.47. The van der Waals surface area contributed by atoms with E-state index in [0.717, 1.165) is 59.1 Å². The number of thiophene rings is 1. The van der Waals surface area contributed by atoms with Crippen LogP contribution in [-0.4, -0.2) is 64.2 Å². The summed E-state index contributed by atoms with van der Waals surface area (Å²) in [4.78, 5) is 37.5. The Morgan fingerprint density at radius 1 is 1.12 bits per heavy atom. The molecule has 0 radical (unpaired) electrons. The number of carbonyl (C=O) groups is 1. The number of carbonyl (C=O) groups excluding carboxylic acids is 1. The molecule has 1 aliphatic rings. The Morgan fingerprint density at radius 2 is 1.84 bits per heavy atom. The Hall–Kier alpha value is -2.16. The van der Waals surface area contributed by atoms with Crippen LogP contribution in [0.2, 0.25) is 0 Å². The van der Waals surface area contributed by atoms with Crippen LogP contribution >= 0.6 is 23.1 Å². The summed E-state index contributed by atoms with van der Waals surface area (Å²) >= 11 is 2.92. The van der Waals surface area contributed by atoms with Gasteiger partial charge in [0, 0.05) is 31.1 Å². The highest BCUT2D eigenvalue weighted by molar-refractivity contribution is 7.99. The van der Waals surface area contributed by atoms with Gasteiger partial charge in [-0.15, -0.1) is 11.3 Å². The normalized spacial score (nSPS) is 15.0. The number of hydrogen-bond acceptors (Lipinski definition) is 6. The molecule has 1 fully saturated rings. The lowest BCUT2D eigenvalue weighted by molar-refractivity contribution is -0.129. The maximum Gasteiger partial charge on any atom is 0.267 e. The number of hydrogen-bond donors (Lipinski definition) is 0. The number of amides is 1. The SMILES string of the molecule is CCc1c(C)sc2nc(SCC(=O)N3CCN(C)CC3)n(-c3ccc(C)c(C)c3)c(=O)c12. The first-order valence-electron chi connectivity index (χ1n) is 11.0. The van der Waals surface area contributed by atoms with Gasteiger partial charge in [-0.2, -0.15) is 0 Å². The first-order chi connectivity index (χ1) is 15.3. The number of aromatic nitrogens is 2. The van der Waals surface area contributed by atoms with Crippen molar-refractivity contribution in [3.05, 3.63) is 50.1 Å². The number of piperazine rings is 1. The third-order valence-electron chi connectivity index (χ3n) is 6.28. The highest BCUT2D eigenvalue weighted by Crippen LogP contribution is 2.31. The molecular weight excluding hydrogens is 440 g/mol. The van der Waals surface area contributed by atoms with Gasteiger partial charge in [-0.05, 0) is 63.1 Å². The van der Waals surface area contributed by atoms with Gasteiger partial charge in [0.15, 0.2) is 5.16 Å². The molecule has 1 saturated heterocycles. The molecule has 1 aromatic carbocycles. The third-order valence-corrected chi connectivity index (χ3v) is 8.24. The molecule has 1 aliphatic heterocycles. The van der Waals surface area contributed by atoms with Gasteiger partial charge in [-0.25, -0.2) is 4.98 Å². The summed E-state index contributed by atoms with van der Waals surface area (Å²) in [6.45, 7) is 11.5. The van der Waals surface area contributed by atoms with Crippen LogP contribution in [0.1, 0.15) is 28.5 Å². The molecule has 1 amide bonds. The molecule has 2 aromatic heterocycles. The lowest BCUT2D eigenvalue weighted by Gasteiger charge is -2.32. The topological polar surface area (TPSA) is 58.4 Å². The second-order valence-corrected chi connectivity index (χ2v) is 10.6. The first kappa shape index (κ1) is 23.0. The van der Waals surface area contributed by atoms with Gasteiger partial charge in [0.25, 0.3) is 5.56 Å². The van der Waals surface area contributed by atoms with Crippen molar-refractivity contribution < 1.29 is 4.79 Å². The second kappa shape index (κ2) is 9.37. The van der Waals surface area contributed by atoms with Crippen molar-refractivity contribution in [2.24, 2.45) is 0 Å². The predicted octanol–water partition coefficient (Wildman–Crippen LogP) is 3.80. The summed E-state index contributed by atoms with van der Waals surface area (Å²) in [6.07, 6.45) is 0.796. The molecule has 0 saturated carbocycles. The quantitative estimate of drug-likeness (QED) is 0.419. The fourth-order valence-corrected chi connectivity index (χ4v) is 6.16. The van der Waals surface area contributed by atoms with Crippen molar-refractivity contribution in [2.75, 3.05) is 39.0 Å². The van der Waals surface area contributed by atoms with Crippen molar-refractivity contribution >= 4 is 39.2 Å². The number of likely N-dealkylation sites (N-methyl/N-ethyl adjacent to an activating group) is 1. The van der Waals surface area contributed by atoms with Crippen molar-refractivity contribution in [1.29, 1.82) is 0 Å². The van der Waals surface area contributed by atoms with E-state index in [1.54, 1.807) is 15.9 Å². The van der Waals surface area contributed by atoms with E-state index in [1.165, 1.54) is 17.3 Å². The van der Waals surface area contributed by atoms with Crippen LogP contribution in [0.5, 0.6) is 0 Å². The van der Waals surface area contributed by atoms with Crippen LogP contribution in [0, 0.1) is 20.8 Å². The van der Waals surface area contributed by atoms with Crippen LogP contribution in [0.15, 0.2) is 28.2 Å². The molecule has 3 aromatic rings. The van der Waals surface area contributed by atoms with E-state index in [9.17, 15) is 9.59 Å². The number of benzene rings is 1. The van der Waals surface area contributed by atoms with Crippen molar-refractivity contribution in [3.63, 3.8) is 0 Å². The van der Waals surface area contributed by atoms with E-state index in [1.807, 2.05) is 30.0 Å². The van der Waals surface area contributed by atoms with Crippen LogP contribution < -0.4 is 5.56 Å². The maximum absolute atomic E-state index is 13.7. The molecule has 8 heteroatoms. The Morgan fingerprint density at radius 3 is 2.50 bits per heavy atom. The van der Waals surface area contributed by atoms with Crippen LogP contribution in [0.4, 0.5) is 0 Å². The van der Waals surface area contributed by atoms with Crippen molar-refractivity contribution in [1.82, 2.24) is 19.4 Å². The van der Waals surface area contributed by atoms with Gasteiger partial charge in [0.2, 0.25) is 5.91 Å². The molecule has 0 bridgehead atoms. The minimum atomic E-state index is -0.0472. The molecule has 170 valence electrons. The summed E-state index contributed by atoms with van der Waals surface area (Å²) in [5, 5.41) is 1.29. The molecule has 6 nitrogen and oxygen atoms in total. The molecule has 0 atom stereocenters. The minimum Gasteiger partial charge on any atom is -0.339 e. The monoisotopic (exact) mass is 470 g/mol. The zero-order valence-electron chi connectivity index (χ0n) is 19.4. The number of aryl methyl sites for hydroxylation is 4. The van der Waals surface area contributed by atoms with Crippen molar-refractivity contribution in [3.8, 4) is 5.69 Å². The number of thioether (sulfide) groups is 1. The largest absolute Gasteiger partial charge is 0.339 e. The summed E-state index contributed by atoms with van der Waals surface area (Å²) in [5.41, 5.74) is 4.12. The molecule has 4 rings (SSSR count). The second-order valence-electron chi connectivity index (χ2n) is 8.45. The lowest BCUT2D eigenvalue weighted by atomic mass is 10.1. The molecule has 0 N–H and O–H groups in total. The molecular formula is C24H30N4O2S2. The maximum atomic E-state index is 13.7. The van der Waals surface area contributed by atoms with Gasteiger partial charge >= 0.3 is 0 Å². The van der Waals surface area contributed by atoms with Gasteiger partial charge in [0.1, 0.15) is 4.83 Å². The Bertz CT molecular complexity index is 1220. The standard InChI is InChI=1S/C24H30N4O2S2/c1-6-19-17(4)32-22-21(19)23(30)28(18-8-7-15(2)16(3)13-18)24(25-22)31-14-20(29)27-11-9-26(5)10-12-27/h7-8,13H,6,9-12,14H2,1-5H3. The van der Waals surface area contributed by atoms with Gasteiger partial charge in [-0.3, -0.25) is 14.2 Å². The highest BCUT2D eigenvalue weighted by atomic mass is 32.2. The fourth-order valence-electron chi connectivity index (χ4n) is 4.09. The van der Waals surface area contributed by atoms with Crippen LogP contribution in [0.25, 0.3) is 15.9 Å². The Labute approximate surface area is 197 Å². The van der Waals surface area contributed by atoms with E-state index in [2.05, 4.69) is 32.7 Å². The predicted molar refractivity (Wildman–Crippen MR) is 134 cm³/mol. The van der Waals surface area contributed by atoms with E-state index in [0.29, 0.717) is 10.5 Å². The fraction of sp³-hybridized carbons (Fsp3) is 0.458. The Kier molecular flexibility index (Phi) is 6.74. The molecule has 3 heterocycles. The Balaban J connectivity index is 1.75. The van der Waals surface area contributed by atoms with E-state index < -0.39 is 0 Å². The zero-order valence-corrected chi connectivity index (χ0v) is 21.0. The summed E-state index contributed by atoms with van der Waals surface area (Å²) < 4.78 is 1.70. The highest BCUT2D eigenvalue weighted by Gasteiger charge is 2.22. The summed E-state index contributed by atoms with van der Waals surface area (Å²) in [5.74, 6) is 0.373. The van der Waals surface area contributed by atoms with Crippen molar-refractivity contribution in [2.45, 2.75) is 39.3 Å². The van der Waals surface area contributed by atoms with E-state index >= 15 is 0 Å². The number of rotatable bonds is 5. The van der Waals surface area contributed by atoms with Crippen LogP contribution in [-0.2, 0) is 11.2 Å².